The van der Waals surface area contributed by atoms with Crippen LogP contribution in [-0.4, -0.2) is 61.4 Å². The van der Waals surface area contributed by atoms with Crippen molar-refractivity contribution in [3.05, 3.63) is 11.6 Å². The van der Waals surface area contributed by atoms with Gasteiger partial charge in [-0.25, -0.2) is 0 Å². The number of hydrogen-bond donors (Lipinski definition) is 1. The van der Waals surface area contributed by atoms with Crippen LogP contribution in [0.4, 0.5) is 0 Å². The Morgan fingerprint density at radius 3 is 2.16 bits per heavy atom. The number of fused-ring (bicyclic) bond motifs is 5. The van der Waals surface area contributed by atoms with Gasteiger partial charge in [-0.15, -0.1) is 0 Å². The summed E-state index contributed by atoms with van der Waals surface area (Å²) < 4.78 is 10.9. The van der Waals surface area contributed by atoms with Crippen LogP contribution in [0.2, 0.25) is 0 Å². The Morgan fingerprint density at radius 2 is 1.47 bits per heavy atom. The van der Waals surface area contributed by atoms with Gasteiger partial charge in [-0.3, -0.25) is 9.59 Å². The minimum absolute atomic E-state index is 0.00223. The highest BCUT2D eigenvalue weighted by atomic mass is 16.5. The van der Waals surface area contributed by atoms with Gasteiger partial charge in [0.2, 0.25) is 0 Å². The summed E-state index contributed by atoms with van der Waals surface area (Å²) in [5.74, 6) is 4.99. The van der Waals surface area contributed by atoms with Crippen LogP contribution >= 0.6 is 0 Å². The maximum atomic E-state index is 13.0. The Kier molecular flexibility index (Phi) is 17.3. The molecule has 4 aliphatic carbocycles. The number of methoxy groups -OCH3 is 1. The summed E-state index contributed by atoms with van der Waals surface area (Å²) in [6.45, 7) is 15.9. The number of allylic oxidation sites excluding steroid dienone is 1. The van der Waals surface area contributed by atoms with Crippen LogP contribution < -0.4 is 0 Å². The van der Waals surface area contributed by atoms with Gasteiger partial charge in [-0.2, -0.15) is 0 Å². The molecule has 0 aromatic rings. The van der Waals surface area contributed by atoms with Gasteiger partial charge >= 0.3 is 11.9 Å². The van der Waals surface area contributed by atoms with Crippen LogP contribution in [0.5, 0.6) is 0 Å². The first-order valence-electron chi connectivity index (χ1n) is 21.8. The molecule has 0 radical (unpaired) electrons. The fourth-order valence-corrected chi connectivity index (χ4v) is 11.6. The minimum atomic E-state index is -0.118. The molecule has 8 unspecified atom stereocenters. The van der Waals surface area contributed by atoms with E-state index in [-0.39, 0.29) is 24.6 Å². The summed E-state index contributed by atoms with van der Waals surface area (Å²) in [5.41, 5.74) is 2.43. The van der Waals surface area contributed by atoms with E-state index in [2.05, 4.69) is 45.6 Å². The summed E-state index contributed by atoms with van der Waals surface area (Å²) in [6, 6.07) is 0. The molecule has 294 valence electrons. The molecule has 51 heavy (non-hydrogen) atoms. The summed E-state index contributed by atoms with van der Waals surface area (Å²) in [5, 5.41) is 9.24. The van der Waals surface area contributed by atoms with E-state index in [1.54, 1.807) is 5.57 Å². The van der Waals surface area contributed by atoms with Gasteiger partial charge < -0.3 is 19.5 Å². The number of carbonyl (C=O) groups excluding carboxylic acids is 2. The average molecular weight is 714 g/mol. The van der Waals surface area contributed by atoms with Gasteiger partial charge in [0.25, 0.3) is 0 Å². The van der Waals surface area contributed by atoms with Gasteiger partial charge in [0.05, 0.1) is 7.11 Å². The maximum absolute atomic E-state index is 13.0. The van der Waals surface area contributed by atoms with Gasteiger partial charge in [0.15, 0.2) is 0 Å². The Morgan fingerprint density at radius 1 is 0.804 bits per heavy atom. The molecule has 0 bridgehead atoms. The summed E-state index contributed by atoms with van der Waals surface area (Å²) >= 11 is 0. The lowest BCUT2D eigenvalue weighted by atomic mass is 9.47. The quantitative estimate of drug-likeness (QED) is 0.0645. The molecule has 0 aromatic heterocycles. The van der Waals surface area contributed by atoms with Crippen molar-refractivity contribution in [2.45, 2.75) is 182 Å². The lowest BCUT2D eigenvalue weighted by Gasteiger charge is -2.58. The highest BCUT2D eigenvalue weighted by molar-refractivity contribution is 5.69. The lowest BCUT2D eigenvalue weighted by molar-refractivity contribution is -0.151. The number of nitrogens with zero attached hydrogens (tertiary/aromatic N) is 1. The zero-order valence-corrected chi connectivity index (χ0v) is 34.0. The first kappa shape index (κ1) is 42.3. The number of aliphatic hydroxyl groups excluding tert-OH is 1. The Bertz CT molecular complexity index is 1090. The molecule has 0 heterocycles. The van der Waals surface area contributed by atoms with Crippen LogP contribution in [0, 0.1) is 46.3 Å². The van der Waals surface area contributed by atoms with Crippen molar-refractivity contribution in [2.24, 2.45) is 46.3 Å². The molecular weight excluding hydrogens is 634 g/mol. The van der Waals surface area contributed by atoms with E-state index in [0.29, 0.717) is 23.7 Å². The first-order valence-corrected chi connectivity index (χ1v) is 21.8. The van der Waals surface area contributed by atoms with Crippen molar-refractivity contribution >= 4 is 11.9 Å². The smallest absolute Gasteiger partial charge is 0.306 e. The molecule has 0 aromatic carbocycles. The van der Waals surface area contributed by atoms with Gasteiger partial charge in [-0.05, 0) is 149 Å². The molecule has 3 saturated carbocycles. The van der Waals surface area contributed by atoms with Crippen LogP contribution in [0.3, 0.4) is 0 Å². The van der Waals surface area contributed by atoms with E-state index in [0.717, 1.165) is 126 Å². The first-order chi connectivity index (χ1) is 24.5. The van der Waals surface area contributed by atoms with Crippen molar-refractivity contribution < 1.29 is 24.2 Å². The largest absolute Gasteiger partial charge is 0.469 e. The van der Waals surface area contributed by atoms with Gasteiger partial charge in [-0.1, -0.05) is 84.8 Å². The Balaban J connectivity index is 1.17. The number of unbranched alkanes of at least 4 members (excludes halogenated alkanes) is 6. The number of ether oxygens (including phenoxy) is 2. The van der Waals surface area contributed by atoms with Crippen LogP contribution in [0.25, 0.3) is 0 Å². The lowest BCUT2D eigenvalue weighted by Crippen LogP contribution is -2.51. The molecule has 0 aliphatic heterocycles. The fourth-order valence-electron chi connectivity index (χ4n) is 11.6. The SMILES string of the molecule is COC(=O)CCCCCCN(CCCCO)CCCCCC(=O)OC1CCC2(C)C(=CCC3C2CCC2(C)C(C(C)CCCC(C)C)CCC32)C1. The van der Waals surface area contributed by atoms with Crippen molar-refractivity contribution in [3.8, 4) is 0 Å². The second-order valence-corrected chi connectivity index (χ2v) is 18.5. The molecule has 6 heteroatoms. The number of esters is 2. The molecule has 4 aliphatic rings. The number of aliphatic hydroxyl groups is 1. The molecule has 3 fully saturated rings. The molecule has 6 nitrogen and oxygen atoms in total. The second kappa shape index (κ2) is 20.9. The van der Waals surface area contributed by atoms with E-state index in [1.807, 2.05) is 0 Å². The van der Waals surface area contributed by atoms with Crippen molar-refractivity contribution in [1.82, 2.24) is 4.90 Å². The van der Waals surface area contributed by atoms with Crippen molar-refractivity contribution in [2.75, 3.05) is 33.4 Å². The van der Waals surface area contributed by atoms with E-state index in [4.69, 9.17) is 9.47 Å². The number of hydrogen-bond acceptors (Lipinski definition) is 6. The van der Waals surface area contributed by atoms with Crippen molar-refractivity contribution in [3.63, 3.8) is 0 Å². The second-order valence-electron chi connectivity index (χ2n) is 18.5. The monoisotopic (exact) mass is 714 g/mol. The highest BCUT2D eigenvalue weighted by Crippen LogP contribution is 2.67. The fraction of sp³-hybridized carbons (Fsp3) is 0.911. The summed E-state index contributed by atoms with van der Waals surface area (Å²) in [4.78, 5) is 26.8. The third kappa shape index (κ3) is 11.8. The van der Waals surface area contributed by atoms with E-state index >= 15 is 0 Å². The zero-order chi connectivity index (χ0) is 36.9. The molecule has 1 N–H and O–H groups in total. The predicted molar refractivity (Wildman–Crippen MR) is 209 cm³/mol. The highest BCUT2D eigenvalue weighted by Gasteiger charge is 2.59. The van der Waals surface area contributed by atoms with Crippen LogP contribution in [0.15, 0.2) is 11.6 Å². The average Bonchev–Trinajstić information content (AvgIpc) is 3.46. The van der Waals surface area contributed by atoms with Crippen LogP contribution in [0.1, 0.15) is 176 Å². The summed E-state index contributed by atoms with van der Waals surface area (Å²) in [6.07, 6.45) is 27.1. The topological polar surface area (TPSA) is 76.1 Å². The van der Waals surface area contributed by atoms with Crippen molar-refractivity contribution in [1.29, 1.82) is 0 Å². The number of carbonyl (C=O) groups is 2. The molecular formula is C45H79NO5. The number of rotatable bonds is 23. The van der Waals surface area contributed by atoms with E-state index in [1.165, 1.54) is 64.9 Å². The van der Waals surface area contributed by atoms with Gasteiger partial charge in [0.1, 0.15) is 6.10 Å². The molecule has 0 amide bonds. The molecule has 4 rings (SSSR count). The zero-order valence-electron chi connectivity index (χ0n) is 34.0. The Labute approximate surface area is 313 Å². The molecule has 0 spiro atoms. The molecule has 8 atom stereocenters. The minimum Gasteiger partial charge on any atom is -0.469 e. The Hall–Kier alpha value is -1.40. The predicted octanol–water partition coefficient (Wildman–Crippen LogP) is 10.7. The standard InChI is InChI=1S/C45H79NO5/c1-34(2)17-16-18-35(3)39-23-24-40-38-22-21-36-33-37(25-27-44(36,4)41(38)26-28-45(39,40)5)51-43(49)20-11-9-13-30-46(31-14-15-32-47)29-12-8-7-10-19-42(48)50-6/h21,34-35,37-41,47H,7-20,22-33H2,1-6H3. The normalized spacial score (nSPS) is 30.8. The van der Waals surface area contributed by atoms with E-state index < -0.39 is 0 Å². The maximum Gasteiger partial charge on any atom is 0.306 e. The summed E-state index contributed by atoms with van der Waals surface area (Å²) in [7, 11) is 1.45. The van der Waals surface area contributed by atoms with Gasteiger partial charge in [0, 0.05) is 25.9 Å². The third-order valence-electron chi connectivity index (χ3n) is 14.6. The van der Waals surface area contributed by atoms with Crippen LogP contribution in [-0.2, 0) is 19.1 Å². The molecule has 0 saturated heterocycles. The third-order valence-corrected chi connectivity index (χ3v) is 14.6. The van der Waals surface area contributed by atoms with E-state index in [9.17, 15) is 14.7 Å².